The molecule has 0 aromatic carbocycles. The van der Waals surface area contributed by atoms with Gasteiger partial charge < -0.3 is 14.2 Å². The van der Waals surface area contributed by atoms with E-state index in [4.69, 9.17) is 14.2 Å². The van der Waals surface area contributed by atoms with Crippen LogP contribution >= 0.6 is 0 Å². The van der Waals surface area contributed by atoms with Crippen LogP contribution in [0.3, 0.4) is 0 Å². The smallest absolute Gasteiger partial charge is 0.306 e. The maximum Gasteiger partial charge on any atom is 0.306 e. The van der Waals surface area contributed by atoms with E-state index in [0.29, 0.717) is 25.9 Å². The van der Waals surface area contributed by atoms with Gasteiger partial charge in [0.15, 0.2) is 6.10 Å². The van der Waals surface area contributed by atoms with Crippen molar-refractivity contribution in [2.45, 2.75) is 258 Å². The Kier molecular flexibility index (Phi) is 58.0. The SMILES string of the molecule is CC/C=C\C/C=C\C/C=C\C/C=C\C/C=C\C/C=C\CCCOCC(COC(=O)CCCCCCCCCCCCCCCCCCCCC)OC(=O)CCC/C=C\C/C=C\C/C=C\C/C=C\C/C=C\CC. The predicted molar refractivity (Wildman–Crippen MR) is 315 cm³/mol. The summed E-state index contributed by atoms with van der Waals surface area (Å²) in [5.41, 5.74) is 0. The van der Waals surface area contributed by atoms with Crippen molar-refractivity contribution in [3.05, 3.63) is 134 Å². The highest BCUT2D eigenvalue weighted by molar-refractivity contribution is 5.70. The third-order valence-corrected chi connectivity index (χ3v) is 12.2. The minimum atomic E-state index is -0.605. The Morgan fingerprint density at radius 2 is 0.625 bits per heavy atom. The van der Waals surface area contributed by atoms with Gasteiger partial charge in [0.1, 0.15) is 6.61 Å². The minimum Gasteiger partial charge on any atom is -0.462 e. The average Bonchev–Trinajstić information content (AvgIpc) is 3.38. The highest BCUT2D eigenvalue weighted by Crippen LogP contribution is 2.15. The summed E-state index contributed by atoms with van der Waals surface area (Å²) in [5.74, 6) is -0.497. The Balaban J connectivity index is 4.46. The van der Waals surface area contributed by atoms with Gasteiger partial charge in [0.05, 0.1) is 6.61 Å². The largest absolute Gasteiger partial charge is 0.462 e. The van der Waals surface area contributed by atoms with Gasteiger partial charge in [0.25, 0.3) is 0 Å². The molecule has 0 radical (unpaired) electrons. The van der Waals surface area contributed by atoms with Crippen LogP contribution in [-0.4, -0.2) is 37.9 Å². The van der Waals surface area contributed by atoms with Crippen molar-refractivity contribution in [2.24, 2.45) is 0 Å². The van der Waals surface area contributed by atoms with Crippen LogP contribution in [0, 0.1) is 0 Å². The first-order valence-corrected chi connectivity index (χ1v) is 29.7. The zero-order valence-electron chi connectivity index (χ0n) is 46.9. The number of rotatable bonds is 53. The number of hydrogen-bond donors (Lipinski definition) is 0. The van der Waals surface area contributed by atoms with E-state index in [9.17, 15) is 9.59 Å². The number of carbonyl (C=O) groups excluding carboxylic acids is 2. The minimum absolute atomic E-state index is 0.0334. The van der Waals surface area contributed by atoms with Crippen molar-refractivity contribution in [2.75, 3.05) is 19.8 Å². The van der Waals surface area contributed by atoms with E-state index in [-0.39, 0.29) is 25.2 Å². The molecule has 0 aliphatic heterocycles. The first kappa shape index (κ1) is 68.0. The molecule has 0 N–H and O–H groups in total. The van der Waals surface area contributed by atoms with E-state index < -0.39 is 6.10 Å². The van der Waals surface area contributed by atoms with Crippen LogP contribution in [0.2, 0.25) is 0 Å². The molecule has 0 heterocycles. The molecule has 0 fully saturated rings. The Bertz CT molecular complexity index is 1500. The molecule has 72 heavy (non-hydrogen) atoms. The molecule has 0 bridgehead atoms. The fraction of sp³-hybridized carbons (Fsp3) is 0.642. The van der Waals surface area contributed by atoms with Crippen molar-refractivity contribution in [3.63, 3.8) is 0 Å². The Labute approximate surface area is 445 Å². The monoisotopic (exact) mass is 995 g/mol. The third kappa shape index (κ3) is 58.6. The molecule has 0 spiro atoms. The summed E-state index contributed by atoms with van der Waals surface area (Å²) in [5, 5.41) is 0. The van der Waals surface area contributed by atoms with Gasteiger partial charge in [-0.05, 0) is 103 Å². The Morgan fingerprint density at radius 3 is 0.986 bits per heavy atom. The summed E-state index contributed by atoms with van der Waals surface area (Å²) >= 11 is 0. The zero-order chi connectivity index (χ0) is 52.0. The van der Waals surface area contributed by atoms with Crippen LogP contribution in [0.4, 0.5) is 0 Å². The molecule has 5 nitrogen and oxygen atoms in total. The lowest BCUT2D eigenvalue weighted by Gasteiger charge is -2.18. The van der Waals surface area contributed by atoms with Crippen LogP contribution in [0.15, 0.2) is 134 Å². The van der Waals surface area contributed by atoms with Crippen molar-refractivity contribution in [3.8, 4) is 0 Å². The maximum absolute atomic E-state index is 12.9. The summed E-state index contributed by atoms with van der Waals surface area (Å²) in [6, 6.07) is 0. The summed E-state index contributed by atoms with van der Waals surface area (Å²) < 4.78 is 17.4. The van der Waals surface area contributed by atoms with Crippen molar-refractivity contribution >= 4 is 11.9 Å². The van der Waals surface area contributed by atoms with Gasteiger partial charge in [-0.15, -0.1) is 0 Å². The topological polar surface area (TPSA) is 61.8 Å². The quantitative estimate of drug-likeness (QED) is 0.0345. The lowest BCUT2D eigenvalue weighted by molar-refractivity contribution is -0.162. The zero-order valence-corrected chi connectivity index (χ0v) is 46.9. The van der Waals surface area contributed by atoms with E-state index >= 15 is 0 Å². The van der Waals surface area contributed by atoms with Crippen LogP contribution in [0.5, 0.6) is 0 Å². The lowest BCUT2D eigenvalue weighted by Crippen LogP contribution is -2.30. The number of esters is 2. The molecule has 0 aromatic rings. The Morgan fingerprint density at radius 1 is 0.319 bits per heavy atom. The van der Waals surface area contributed by atoms with E-state index in [1.807, 2.05) is 0 Å². The molecular weight excluding hydrogens is 885 g/mol. The molecule has 408 valence electrons. The van der Waals surface area contributed by atoms with E-state index in [1.54, 1.807) is 0 Å². The lowest BCUT2D eigenvalue weighted by atomic mass is 10.0. The third-order valence-electron chi connectivity index (χ3n) is 12.2. The van der Waals surface area contributed by atoms with Crippen molar-refractivity contribution in [1.82, 2.24) is 0 Å². The van der Waals surface area contributed by atoms with E-state index in [1.165, 1.54) is 103 Å². The molecule has 0 rings (SSSR count). The van der Waals surface area contributed by atoms with Crippen LogP contribution in [0.25, 0.3) is 0 Å². The summed E-state index contributed by atoms with van der Waals surface area (Å²) in [6.45, 7) is 7.41. The van der Waals surface area contributed by atoms with Crippen LogP contribution in [0.1, 0.15) is 252 Å². The predicted octanol–water partition coefficient (Wildman–Crippen LogP) is 20.7. The second-order valence-corrected chi connectivity index (χ2v) is 19.1. The van der Waals surface area contributed by atoms with Gasteiger partial charge in [-0.3, -0.25) is 9.59 Å². The molecule has 1 unspecified atom stereocenters. The standard InChI is InChI=1S/C67H110O5/c1-4-7-10-13-16-19-22-25-28-31-33-35-38-41-44-47-50-53-56-59-62-70-63-65(72-67(69)61-58-55-52-49-46-43-40-36-30-27-24-21-18-15-12-9-6-3)64-71-66(68)60-57-54-51-48-45-42-39-37-34-32-29-26-23-20-17-14-11-8-5-2/h7,9-10,12,16,18-19,21,25,27-28,30,33,35,40-41,43-44,49-50,52-53,65H,4-6,8,11,13-15,17,20,22-24,26,29,31-32,34,36-39,42,45-48,51,54-64H2,1-3H3/b10-7-,12-9-,19-16-,21-18-,28-25-,30-27-,35-33-,43-40-,44-41-,52-49-,53-50-. The normalized spacial score (nSPS) is 13.2. The average molecular weight is 996 g/mol. The van der Waals surface area contributed by atoms with Gasteiger partial charge in [-0.25, -0.2) is 0 Å². The molecule has 5 heteroatoms. The Hall–Kier alpha value is -3.96. The molecular formula is C67H110O5. The maximum atomic E-state index is 12.9. The highest BCUT2D eigenvalue weighted by Gasteiger charge is 2.17. The van der Waals surface area contributed by atoms with Crippen molar-refractivity contribution < 1.29 is 23.8 Å². The number of unbranched alkanes of at least 4 members (excludes halogenated alkanes) is 20. The molecule has 0 aromatic heterocycles. The highest BCUT2D eigenvalue weighted by atomic mass is 16.6. The summed E-state index contributed by atoms with van der Waals surface area (Å²) in [4.78, 5) is 25.5. The molecule has 0 saturated heterocycles. The first-order chi connectivity index (χ1) is 35.6. The van der Waals surface area contributed by atoms with Crippen LogP contribution < -0.4 is 0 Å². The summed E-state index contributed by atoms with van der Waals surface area (Å²) in [7, 11) is 0. The van der Waals surface area contributed by atoms with E-state index in [2.05, 4.69) is 154 Å². The second-order valence-electron chi connectivity index (χ2n) is 19.1. The van der Waals surface area contributed by atoms with Crippen molar-refractivity contribution in [1.29, 1.82) is 0 Å². The van der Waals surface area contributed by atoms with E-state index in [0.717, 1.165) is 109 Å². The number of ether oxygens (including phenoxy) is 3. The van der Waals surface area contributed by atoms with Gasteiger partial charge >= 0.3 is 11.9 Å². The fourth-order valence-electron chi connectivity index (χ4n) is 7.86. The molecule has 0 aliphatic carbocycles. The van der Waals surface area contributed by atoms with Gasteiger partial charge in [0.2, 0.25) is 0 Å². The summed E-state index contributed by atoms with van der Waals surface area (Å²) in [6.07, 6.45) is 87.8. The van der Waals surface area contributed by atoms with Crippen LogP contribution in [-0.2, 0) is 23.8 Å². The van der Waals surface area contributed by atoms with Gasteiger partial charge in [-0.2, -0.15) is 0 Å². The van der Waals surface area contributed by atoms with Gasteiger partial charge in [-0.1, -0.05) is 270 Å². The fourth-order valence-corrected chi connectivity index (χ4v) is 7.86. The number of hydrogen-bond acceptors (Lipinski definition) is 5. The molecule has 0 saturated carbocycles. The second kappa shape index (κ2) is 61.3. The first-order valence-electron chi connectivity index (χ1n) is 29.7. The molecule has 0 amide bonds. The number of allylic oxidation sites excluding steroid dienone is 22. The number of carbonyl (C=O) groups is 2. The molecule has 0 aliphatic rings. The molecule has 1 atom stereocenters. The van der Waals surface area contributed by atoms with Gasteiger partial charge in [0, 0.05) is 19.4 Å².